The smallest absolute Gasteiger partial charge is 0.279 e. The van der Waals surface area contributed by atoms with E-state index in [4.69, 9.17) is 4.74 Å². The monoisotopic (exact) mass is 354 g/mol. The lowest BCUT2D eigenvalue weighted by molar-refractivity contribution is -0.128. The Morgan fingerprint density at radius 2 is 1.50 bits per heavy atom. The fourth-order valence-electron chi connectivity index (χ4n) is 2.29. The van der Waals surface area contributed by atoms with Crippen LogP contribution in [0.5, 0.6) is 5.75 Å². The molecule has 2 aromatic carbocycles. The fourth-order valence-corrected chi connectivity index (χ4v) is 2.29. The molecule has 0 aliphatic rings. The molecule has 0 bridgehead atoms. The maximum atomic E-state index is 12.1. The summed E-state index contributed by atoms with van der Waals surface area (Å²) in [7, 11) is 0. The Hall–Kier alpha value is -2.82. The average Bonchev–Trinajstić information content (AvgIpc) is 2.59. The van der Waals surface area contributed by atoms with Crippen LogP contribution in [0.25, 0.3) is 0 Å². The number of hydrogen-bond acceptors (Lipinski definition) is 3. The fraction of sp³-hybridized carbons (Fsp3) is 0.333. The summed E-state index contributed by atoms with van der Waals surface area (Å²) in [5.74, 6) is -0.198. The standard InChI is InChI=1S/C21H26N2O3/c1-14-6-8-16(9-7-14)20(25)23-22-19(24)15(2)26-18-12-10-17(11-13-18)21(3,4)5/h6-13,15H,1-5H3,(H,22,24)(H,23,25)/t15-/m0/s1. The maximum absolute atomic E-state index is 12.1. The number of rotatable bonds is 4. The number of ether oxygens (including phenoxy) is 1. The SMILES string of the molecule is Cc1ccc(C(=O)NNC(=O)[C@H](C)Oc2ccc(C(C)(C)C)cc2)cc1. The normalized spacial score (nSPS) is 12.2. The van der Waals surface area contributed by atoms with Crippen LogP contribution in [0.3, 0.4) is 0 Å². The van der Waals surface area contributed by atoms with Gasteiger partial charge in [-0.1, -0.05) is 50.6 Å². The van der Waals surface area contributed by atoms with E-state index < -0.39 is 12.0 Å². The molecule has 0 heterocycles. The van der Waals surface area contributed by atoms with Crippen LogP contribution in [0.4, 0.5) is 0 Å². The van der Waals surface area contributed by atoms with Crippen LogP contribution in [0.15, 0.2) is 48.5 Å². The first-order valence-corrected chi connectivity index (χ1v) is 8.61. The minimum Gasteiger partial charge on any atom is -0.481 e. The zero-order valence-corrected chi connectivity index (χ0v) is 15.9. The molecular formula is C21H26N2O3. The van der Waals surface area contributed by atoms with Crippen LogP contribution >= 0.6 is 0 Å². The number of aryl methyl sites for hydroxylation is 1. The van der Waals surface area contributed by atoms with Gasteiger partial charge in [0.2, 0.25) is 0 Å². The third-order valence-corrected chi connectivity index (χ3v) is 4.02. The average molecular weight is 354 g/mol. The molecule has 2 N–H and O–H groups in total. The van der Waals surface area contributed by atoms with Crippen molar-refractivity contribution < 1.29 is 14.3 Å². The lowest BCUT2D eigenvalue weighted by atomic mass is 9.87. The van der Waals surface area contributed by atoms with E-state index in [1.54, 1.807) is 19.1 Å². The molecular weight excluding hydrogens is 328 g/mol. The van der Waals surface area contributed by atoms with Gasteiger partial charge in [0.05, 0.1) is 0 Å². The zero-order chi connectivity index (χ0) is 19.3. The van der Waals surface area contributed by atoms with Crippen molar-refractivity contribution in [2.45, 2.75) is 46.1 Å². The summed E-state index contributed by atoms with van der Waals surface area (Å²) in [6, 6.07) is 14.7. The molecule has 1 atom stereocenters. The number of hydrogen-bond donors (Lipinski definition) is 2. The van der Waals surface area contributed by atoms with E-state index in [1.807, 2.05) is 43.3 Å². The Balaban J connectivity index is 1.87. The van der Waals surface area contributed by atoms with E-state index in [0.717, 1.165) is 5.56 Å². The van der Waals surface area contributed by atoms with Crippen molar-refractivity contribution in [3.63, 3.8) is 0 Å². The molecule has 0 aromatic heterocycles. The van der Waals surface area contributed by atoms with Crippen LogP contribution in [0.2, 0.25) is 0 Å². The number of nitrogens with one attached hydrogen (secondary N) is 2. The van der Waals surface area contributed by atoms with Gasteiger partial charge in [0, 0.05) is 5.56 Å². The largest absolute Gasteiger partial charge is 0.481 e. The van der Waals surface area contributed by atoms with Gasteiger partial charge >= 0.3 is 0 Å². The van der Waals surface area contributed by atoms with Gasteiger partial charge in [-0.25, -0.2) is 0 Å². The Bertz CT molecular complexity index is 759. The minimum atomic E-state index is -0.742. The molecule has 2 rings (SSSR count). The quantitative estimate of drug-likeness (QED) is 0.826. The van der Waals surface area contributed by atoms with Crippen LogP contribution in [0.1, 0.15) is 49.2 Å². The molecule has 26 heavy (non-hydrogen) atoms. The highest BCUT2D eigenvalue weighted by Gasteiger charge is 2.17. The van der Waals surface area contributed by atoms with Crippen molar-refractivity contribution in [2.75, 3.05) is 0 Å². The zero-order valence-electron chi connectivity index (χ0n) is 15.9. The Morgan fingerprint density at radius 3 is 2.04 bits per heavy atom. The van der Waals surface area contributed by atoms with Crippen molar-refractivity contribution in [1.29, 1.82) is 0 Å². The molecule has 0 saturated heterocycles. The highest BCUT2D eigenvalue weighted by molar-refractivity contribution is 5.95. The highest BCUT2D eigenvalue weighted by Crippen LogP contribution is 2.24. The predicted molar refractivity (Wildman–Crippen MR) is 102 cm³/mol. The summed E-state index contributed by atoms with van der Waals surface area (Å²) < 4.78 is 5.63. The molecule has 0 unspecified atom stereocenters. The molecule has 0 aliphatic carbocycles. The highest BCUT2D eigenvalue weighted by atomic mass is 16.5. The first kappa shape index (κ1) is 19.5. The van der Waals surface area contributed by atoms with E-state index in [9.17, 15) is 9.59 Å². The van der Waals surface area contributed by atoms with Gasteiger partial charge < -0.3 is 4.74 Å². The third-order valence-electron chi connectivity index (χ3n) is 4.02. The summed E-state index contributed by atoms with van der Waals surface area (Å²) in [5, 5.41) is 0. The first-order chi connectivity index (χ1) is 12.2. The minimum absolute atomic E-state index is 0.0573. The maximum Gasteiger partial charge on any atom is 0.279 e. The third kappa shape index (κ3) is 5.34. The second-order valence-electron chi connectivity index (χ2n) is 7.34. The Kier molecular flexibility index (Phi) is 6.03. The van der Waals surface area contributed by atoms with Crippen LogP contribution in [-0.4, -0.2) is 17.9 Å². The molecule has 2 amide bonds. The number of amides is 2. The number of carbonyl (C=O) groups is 2. The van der Waals surface area contributed by atoms with Crippen molar-refractivity contribution in [3.05, 3.63) is 65.2 Å². The lowest BCUT2D eigenvalue weighted by Gasteiger charge is -2.20. The molecule has 2 aromatic rings. The molecule has 0 fully saturated rings. The summed E-state index contributed by atoms with van der Waals surface area (Å²) in [6.45, 7) is 9.97. The molecule has 0 spiro atoms. The molecule has 138 valence electrons. The van der Waals surface area contributed by atoms with Gasteiger partial charge in [-0.2, -0.15) is 0 Å². The Labute approximate surface area is 154 Å². The van der Waals surface area contributed by atoms with E-state index >= 15 is 0 Å². The molecule has 0 saturated carbocycles. The summed E-state index contributed by atoms with van der Waals surface area (Å²) in [6.07, 6.45) is -0.742. The summed E-state index contributed by atoms with van der Waals surface area (Å²) >= 11 is 0. The van der Waals surface area contributed by atoms with Gasteiger partial charge in [-0.3, -0.25) is 20.4 Å². The topological polar surface area (TPSA) is 67.4 Å². The molecule has 5 nitrogen and oxygen atoms in total. The van der Waals surface area contributed by atoms with E-state index in [1.165, 1.54) is 5.56 Å². The van der Waals surface area contributed by atoms with Crippen molar-refractivity contribution in [1.82, 2.24) is 10.9 Å². The van der Waals surface area contributed by atoms with Crippen LogP contribution < -0.4 is 15.6 Å². The lowest BCUT2D eigenvalue weighted by Crippen LogP contribution is -2.47. The number of carbonyl (C=O) groups excluding carboxylic acids is 2. The van der Waals surface area contributed by atoms with E-state index in [2.05, 4.69) is 31.6 Å². The van der Waals surface area contributed by atoms with Crippen LogP contribution in [0, 0.1) is 6.92 Å². The van der Waals surface area contributed by atoms with Crippen molar-refractivity contribution >= 4 is 11.8 Å². The first-order valence-electron chi connectivity index (χ1n) is 8.61. The van der Waals surface area contributed by atoms with Gasteiger partial charge in [0.15, 0.2) is 6.10 Å². The van der Waals surface area contributed by atoms with Gasteiger partial charge in [0.25, 0.3) is 11.8 Å². The molecule has 0 aliphatic heterocycles. The van der Waals surface area contributed by atoms with Crippen molar-refractivity contribution in [2.24, 2.45) is 0 Å². The van der Waals surface area contributed by atoms with E-state index in [0.29, 0.717) is 11.3 Å². The van der Waals surface area contributed by atoms with Gasteiger partial charge in [-0.15, -0.1) is 0 Å². The molecule has 0 radical (unpaired) electrons. The van der Waals surface area contributed by atoms with E-state index in [-0.39, 0.29) is 11.3 Å². The second kappa shape index (κ2) is 8.04. The number of hydrazine groups is 1. The molecule has 5 heteroatoms. The predicted octanol–water partition coefficient (Wildman–Crippen LogP) is 3.52. The van der Waals surface area contributed by atoms with Gasteiger partial charge in [-0.05, 0) is 49.1 Å². The van der Waals surface area contributed by atoms with Crippen molar-refractivity contribution in [3.8, 4) is 5.75 Å². The summed E-state index contributed by atoms with van der Waals surface area (Å²) in [4.78, 5) is 24.1. The second-order valence-corrected chi connectivity index (χ2v) is 7.34. The van der Waals surface area contributed by atoms with Crippen LogP contribution in [-0.2, 0) is 10.2 Å². The number of benzene rings is 2. The summed E-state index contributed by atoms with van der Waals surface area (Å²) in [5.41, 5.74) is 7.56. The van der Waals surface area contributed by atoms with Gasteiger partial charge in [0.1, 0.15) is 5.75 Å². The Morgan fingerprint density at radius 1 is 0.923 bits per heavy atom.